The molecule has 0 saturated carbocycles. The maximum Gasteiger partial charge on any atom is 0.328 e. The molecular formula is C29H29N3O4S. The maximum atomic E-state index is 12.8. The van der Waals surface area contributed by atoms with Gasteiger partial charge in [-0.15, -0.1) is 11.3 Å². The number of aromatic nitrogens is 1. The molecule has 2 atom stereocenters. The number of allylic oxidation sites excluding steroid dienone is 7. The predicted molar refractivity (Wildman–Crippen MR) is 146 cm³/mol. The number of thiazole rings is 1. The Kier molecular flexibility index (Phi) is 8.30. The molecule has 0 spiro atoms. The SMILES string of the molecule is COC(=O)C(NC(=O)c1nc(C2=CC=CC(=C3C=CC(c4ccccc4)=CC3)C2NC=O)cs1)C(C)C. The summed E-state index contributed by atoms with van der Waals surface area (Å²) in [5.74, 6) is -1.09. The second-order valence-corrected chi connectivity index (χ2v) is 9.86. The number of carbonyl (C=O) groups is 3. The van der Waals surface area contributed by atoms with Gasteiger partial charge in [0.1, 0.15) is 6.04 Å². The molecule has 0 aliphatic heterocycles. The molecule has 0 fully saturated rings. The fourth-order valence-electron chi connectivity index (χ4n) is 4.33. The lowest BCUT2D eigenvalue weighted by atomic mass is 9.85. The zero-order chi connectivity index (χ0) is 26.4. The van der Waals surface area contributed by atoms with Crippen molar-refractivity contribution in [3.63, 3.8) is 0 Å². The van der Waals surface area contributed by atoms with E-state index in [0.29, 0.717) is 12.1 Å². The van der Waals surface area contributed by atoms with E-state index in [1.165, 1.54) is 18.4 Å². The van der Waals surface area contributed by atoms with Crippen LogP contribution in [0.25, 0.3) is 11.1 Å². The third-order valence-corrected chi connectivity index (χ3v) is 7.14. The third kappa shape index (κ3) is 5.86. The van der Waals surface area contributed by atoms with Gasteiger partial charge in [-0.3, -0.25) is 9.59 Å². The minimum Gasteiger partial charge on any atom is -0.467 e. The van der Waals surface area contributed by atoms with Crippen LogP contribution in [0, 0.1) is 5.92 Å². The zero-order valence-electron chi connectivity index (χ0n) is 20.9. The maximum absolute atomic E-state index is 12.8. The molecule has 4 rings (SSSR count). The molecule has 2 amide bonds. The number of esters is 1. The second-order valence-electron chi connectivity index (χ2n) is 9.00. The van der Waals surface area contributed by atoms with Crippen molar-refractivity contribution in [2.24, 2.45) is 5.92 Å². The second kappa shape index (κ2) is 11.8. The van der Waals surface area contributed by atoms with Crippen LogP contribution in [-0.4, -0.2) is 42.5 Å². The van der Waals surface area contributed by atoms with Crippen molar-refractivity contribution in [2.45, 2.75) is 32.4 Å². The number of amides is 2. The standard InChI is InChI=1S/C29H29N3O4S/c1-18(2)25(29(35)36-3)32-27(34)28-31-24(16-37-28)23-11-7-10-22(26(23)30-17-33)21-14-12-20(13-15-21)19-8-5-4-6-9-19/h4-14,16-18,25-26H,15H2,1-3H3,(H,30,33)(H,32,34). The van der Waals surface area contributed by atoms with E-state index in [4.69, 9.17) is 4.74 Å². The molecule has 2 N–H and O–H groups in total. The number of methoxy groups -OCH3 is 1. The molecule has 7 nitrogen and oxygen atoms in total. The van der Waals surface area contributed by atoms with Crippen molar-refractivity contribution in [3.8, 4) is 0 Å². The van der Waals surface area contributed by atoms with E-state index in [1.807, 2.05) is 50.3 Å². The van der Waals surface area contributed by atoms with E-state index in [2.05, 4.69) is 46.0 Å². The molecule has 8 heteroatoms. The molecule has 1 aromatic heterocycles. The molecule has 190 valence electrons. The highest BCUT2D eigenvalue weighted by molar-refractivity contribution is 7.11. The zero-order valence-corrected chi connectivity index (χ0v) is 21.7. The predicted octanol–water partition coefficient (Wildman–Crippen LogP) is 4.48. The van der Waals surface area contributed by atoms with Crippen molar-refractivity contribution in [1.82, 2.24) is 15.6 Å². The molecule has 0 radical (unpaired) electrons. The smallest absolute Gasteiger partial charge is 0.328 e. The Morgan fingerprint density at radius 2 is 1.95 bits per heavy atom. The average molecular weight is 516 g/mol. The van der Waals surface area contributed by atoms with Crippen molar-refractivity contribution >= 4 is 40.8 Å². The molecule has 2 aromatic rings. The summed E-state index contributed by atoms with van der Waals surface area (Å²) in [6.45, 7) is 3.66. The number of benzene rings is 1. The van der Waals surface area contributed by atoms with E-state index < -0.39 is 24.0 Å². The quantitative estimate of drug-likeness (QED) is 0.399. The van der Waals surface area contributed by atoms with Gasteiger partial charge in [-0.1, -0.05) is 80.6 Å². The normalized spacial score (nSPS) is 19.6. The minimum absolute atomic E-state index is 0.141. The summed E-state index contributed by atoms with van der Waals surface area (Å²) in [7, 11) is 1.29. The summed E-state index contributed by atoms with van der Waals surface area (Å²) >= 11 is 1.18. The van der Waals surface area contributed by atoms with E-state index >= 15 is 0 Å². The fraction of sp³-hybridized carbons (Fsp3) is 0.241. The van der Waals surface area contributed by atoms with Crippen LogP contribution in [-0.2, 0) is 14.3 Å². The van der Waals surface area contributed by atoms with Crippen LogP contribution in [0.4, 0.5) is 0 Å². The van der Waals surface area contributed by atoms with Crippen LogP contribution >= 0.6 is 11.3 Å². The Hall–Kier alpha value is -4.04. The molecule has 1 aromatic carbocycles. The Bertz CT molecular complexity index is 1330. The highest BCUT2D eigenvalue weighted by Gasteiger charge is 2.28. The van der Waals surface area contributed by atoms with Gasteiger partial charge in [0.2, 0.25) is 6.41 Å². The van der Waals surface area contributed by atoms with Crippen molar-refractivity contribution < 1.29 is 19.1 Å². The van der Waals surface area contributed by atoms with Gasteiger partial charge in [-0.25, -0.2) is 9.78 Å². The van der Waals surface area contributed by atoms with E-state index in [9.17, 15) is 14.4 Å². The van der Waals surface area contributed by atoms with Crippen LogP contribution in [0.2, 0.25) is 0 Å². The van der Waals surface area contributed by atoms with Gasteiger partial charge in [-0.2, -0.15) is 0 Å². The first-order chi connectivity index (χ1) is 17.9. The number of nitrogens with one attached hydrogen (secondary N) is 2. The van der Waals surface area contributed by atoms with Gasteiger partial charge in [0.05, 0.1) is 18.8 Å². The van der Waals surface area contributed by atoms with E-state index in [1.54, 1.807) is 5.38 Å². The summed E-state index contributed by atoms with van der Waals surface area (Å²) in [6, 6.07) is 9.01. The third-order valence-electron chi connectivity index (χ3n) is 6.29. The summed E-state index contributed by atoms with van der Waals surface area (Å²) in [6.07, 6.45) is 13.6. The van der Waals surface area contributed by atoms with Gasteiger partial charge in [0.15, 0.2) is 5.01 Å². The number of nitrogens with zero attached hydrogens (tertiary/aromatic N) is 1. The van der Waals surface area contributed by atoms with Gasteiger partial charge in [-0.05, 0) is 34.6 Å². The van der Waals surface area contributed by atoms with E-state index in [0.717, 1.165) is 34.3 Å². The lowest BCUT2D eigenvalue weighted by Gasteiger charge is -2.25. The molecule has 0 bridgehead atoms. The van der Waals surface area contributed by atoms with E-state index in [-0.39, 0.29) is 10.9 Å². The van der Waals surface area contributed by atoms with Crippen molar-refractivity contribution in [2.75, 3.05) is 7.11 Å². The molecule has 37 heavy (non-hydrogen) atoms. The highest BCUT2D eigenvalue weighted by atomic mass is 32.1. The molecule has 2 aliphatic carbocycles. The Morgan fingerprint density at radius 3 is 2.59 bits per heavy atom. The number of carbonyl (C=O) groups excluding carboxylic acids is 3. The molecule has 0 saturated heterocycles. The van der Waals surface area contributed by atoms with Crippen LogP contribution < -0.4 is 10.6 Å². The van der Waals surface area contributed by atoms with Gasteiger partial charge in [0, 0.05) is 11.0 Å². The summed E-state index contributed by atoms with van der Waals surface area (Å²) in [5, 5.41) is 7.66. The largest absolute Gasteiger partial charge is 0.467 e. The van der Waals surface area contributed by atoms with Crippen LogP contribution in [0.3, 0.4) is 0 Å². The fourth-order valence-corrected chi connectivity index (χ4v) is 5.06. The first-order valence-electron chi connectivity index (χ1n) is 12.0. The van der Waals surface area contributed by atoms with Crippen molar-refractivity contribution in [3.05, 3.63) is 99.6 Å². The van der Waals surface area contributed by atoms with Crippen LogP contribution in [0.1, 0.15) is 41.3 Å². The number of hydrogen-bond acceptors (Lipinski definition) is 6. The lowest BCUT2D eigenvalue weighted by Crippen LogP contribution is -2.45. The van der Waals surface area contributed by atoms with Crippen molar-refractivity contribution in [1.29, 1.82) is 0 Å². The van der Waals surface area contributed by atoms with Gasteiger partial charge in [0.25, 0.3) is 5.91 Å². The lowest BCUT2D eigenvalue weighted by molar-refractivity contribution is -0.144. The summed E-state index contributed by atoms with van der Waals surface area (Å²) < 4.78 is 4.81. The molecule has 1 heterocycles. The topological polar surface area (TPSA) is 97.4 Å². The monoisotopic (exact) mass is 515 g/mol. The highest BCUT2D eigenvalue weighted by Crippen LogP contribution is 2.33. The Morgan fingerprint density at radius 1 is 1.16 bits per heavy atom. The summed E-state index contributed by atoms with van der Waals surface area (Å²) in [4.78, 5) is 41.0. The van der Waals surface area contributed by atoms with Crippen LogP contribution in [0.5, 0.6) is 0 Å². The molecular weight excluding hydrogens is 486 g/mol. The van der Waals surface area contributed by atoms with Crippen LogP contribution in [0.15, 0.2) is 83.3 Å². The van der Waals surface area contributed by atoms with Gasteiger partial charge < -0.3 is 15.4 Å². The average Bonchev–Trinajstić information content (AvgIpc) is 3.42. The Labute approximate surface area is 220 Å². The Balaban J connectivity index is 1.56. The van der Waals surface area contributed by atoms with Gasteiger partial charge >= 0.3 is 5.97 Å². The first kappa shape index (κ1) is 26.0. The minimum atomic E-state index is -0.769. The first-order valence-corrected chi connectivity index (χ1v) is 12.9. The number of ether oxygens (including phenoxy) is 1. The molecule has 2 aliphatic rings. The number of hydrogen-bond donors (Lipinski definition) is 2. The number of rotatable bonds is 8. The summed E-state index contributed by atoms with van der Waals surface area (Å²) in [5.41, 5.74) is 5.75. The molecule has 2 unspecified atom stereocenters.